The van der Waals surface area contributed by atoms with E-state index < -0.39 is 0 Å². The van der Waals surface area contributed by atoms with Crippen LogP contribution < -0.4 is 5.73 Å². The number of hydrogen-bond acceptors (Lipinski definition) is 4. The van der Waals surface area contributed by atoms with Gasteiger partial charge in [-0.25, -0.2) is 4.98 Å². The molecule has 0 saturated carbocycles. The average Bonchev–Trinajstić information content (AvgIpc) is 3.02. The molecule has 0 aliphatic heterocycles. The van der Waals surface area contributed by atoms with Crippen molar-refractivity contribution in [2.45, 2.75) is 13.0 Å². The molecule has 0 unspecified atom stereocenters. The standard InChI is InChI=1S/C18H16N4O2S/c19-18(25)15-7-3-1-6-14(15)12-21-10-9-20-17(21)11-13-5-2-4-8-16(13)22(23)24/h1-10H,11-12H2,(H2,19,25). The van der Waals surface area contributed by atoms with Crippen molar-refractivity contribution in [3.63, 3.8) is 0 Å². The molecule has 0 radical (unpaired) electrons. The fraction of sp³-hybridized carbons (Fsp3) is 0.111. The first-order chi connectivity index (χ1) is 12.1. The van der Waals surface area contributed by atoms with E-state index in [1.54, 1.807) is 24.4 Å². The maximum Gasteiger partial charge on any atom is 0.273 e. The monoisotopic (exact) mass is 352 g/mol. The summed E-state index contributed by atoms with van der Waals surface area (Å²) in [5, 5.41) is 11.2. The average molecular weight is 352 g/mol. The first-order valence-electron chi connectivity index (χ1n) is 7.66. The number of nitro groups is 1. The summed E-state index contributed by atoms with van der Waals surface area (Å²) in [6, 6.07) is 14.4. The molecule has 2 aromatic carbocycles. The first-order valence-corrected chi connectivity index (χ1v) is 8.07. The molecule has 6 nitrogen and oxygen atoms in total. The minimum absolute atomic E-state index is 0.0978. The highest BCUT2D eigenvalue weighted by atomic mass is 32.1. The van der Waals surface area contributed by atoms with Crippen LogP contribution in [0.1, 0.15) is 22.5 Å². The molecule has 0 amide bonds. The SMILES string of the molecule is NC(=S)c1ccccc1Cn1ccnc1Cc1ccccc1[N+](=O)[O-]. The van der Waals surface area contributed by atoms with E-state index >= 15 is 0 Å². The number of nitrogens with zero attached hydrogens (tertiary/aromatic N) is 3. The van der Waals surface area contributed by atoms with Gasteiger partial charge in [0.1, 0.15) is 10.8 Å². The van der Waals surface area contributed by atoms with Gasteiger partial charge in [0.2, 0.25) is 0 Å². The molecule has 0 atom stereocenters. The van der Waals surface area contributed by atoms with E-state index in [-0.39, 0.29) is 10.6 Å². The molecule has 0 spiro atoms. The molecule has 2 N–H and O–H groups in total. The van der Waals surface area contributed by atoms with Crippen LogP contribution in [0.2, 0.25) is 0 Å². The van der Waals surface area contributed by atoms with Crippen molar-refractivity contribution >= 4 is 22.9 Å². The highest BCUT2D eigenvalue weighted by Gasteiger charge is 2.15. The first kappa shape index (κ1) is 16.8. The van der Waals surface area contributed by atoms with Gasteiger partial charge in [0.05, 0.1) is 4.92 Å². The lowest BCUT2D eigenvalue weighted by atomic mass is 10.1. The lowest BCUT2D eigenvalue weighted by Crippen LogP contribution is -2.14. The van der Waals surface area contributed by atoms with Crippen LogP contribution in [-0.4, -0.2) is 19.5 Å². The number of nitro benzene ring substituents is 1. The molecule has 126 valence electrons. The lowest BCUT2D eigenvalue weighted by Gasteiger charge is -2.12. The lowest BCUT2D eigenvalue weighted by molar-refractivity contribution is -0.385. The van der Waals surface area contributed by atoms with Crippen LogP contribution >= 0.6 is 12.2 Å². The normalized spacial score (nSPS) is 10.6. The Labute approximate surface area is 150 Å². The largest absolute Gasteiger partial charge is 0.389 e. The van der Waals surface area contributed by atoms with Gasteiger partial charge in [0, 0.05) is 42.6 Å². The smallest absolute Gasteiger partial charge is 0.273 e. The number of imidazole rings is 1. The highest BCUT2D eigenvalue weighted by molar-refractivity contribution is 7.80. The van der Waals surface area contributed by atoms with Crippen LogP contribution in [0, 0.1) is 10.1 Å². The van der Waals surface area contributed by atoms with Crippen molar-refractivity contribution in [2.75, 3.05) is 0 Å². The van der Waals surface area contributed by atoms with E-state index in [9.17, 15) is 10.1 Å². The highest BCUT2D eigenvalue weighted by Crippen LogP contribution is 2.21. The van der Waals surface area contributed by atoms with Gasteiger partial charge in [-0.3, -0.25) is 10.1 Å². The number of benzene rings is 2. The van der Waals surface area contributed by atoms with E-state index in [1.807, 2.05) is 35.0 Å². The summed E-state index contributed by atoms with van der Waals surface area (Å²) in [5.41, 5.74) is 8.32. The molecular formula is C18H16N4O2S. The summed E-state index contributed by atoms with van der Waals surface area (Å²) < 4.78 is 1.95. The number of rotatable bonds is 6. The molecule has 1 heterocycles. The molecular weight excluding hydrogens is 336 g/mol. The van der Waals surface area contributed by atoms with Gasteiger partial charge in [0.15, 0.2) is 0 Å². The van der Waals surface area contributed by atoms with Gasteiger partial charge >= 0.3 is 0 Å². The van der Waals surface area contributed by atoms with E-state index in [4.69, 9.17) is 18.0 Å². The quantitative estimate of drug-likeness (QED) is 0.418. The third kappa shape index (κ3) is 3.72. The third-order valence-electron chi connectivity index (χ3n) is 3.96. The topological polar surface area (TPSA) is 87.0 Å². The molecule has 0 bridgehead atoms. The van der Waals surface area contributed by atoms with Gasteiger partial charge in [-0.15, -0.1) is 0 Å². The maximum atomic E-state index is 11.2. The summed E-state index contributed by atoms with van der Waals surface area (Å²) in [6.45, 7) is 0.545. The summed E-state index contributed by atoms with van der Waals surface area (Å²) in [4.78, 5) is 15.5. The second kappa shape index (κ2) is 7.23. The Morgan fingerprint density at radius 2 is 1.84 bits per heavy atom. The third-order valence-corrected chi connectivity index (χ3v) is 4.18. The zero-order chi connectivity index (χ0) is 17.8. The number of aromatic nitrogens is 2. The van der Waals surface area contributed by atoms with Crippen molar-refractivity contribution in [3.05, 3.63) is 93.6 Å². The van der Waals surface area contributed by atoms with Crippen molar-refractivity contribution in [1.29, 1.82) is 0 Å². The molecule has 0 aliphatic carbocycles. The van der Waals surface area contributed by atoms with Gasteiger partial charge in [-0.1, -0.05) is 54.7 Å². The Bertz CT molecular complexity index is 862. The summed E-state index contributed by atoms with van der Waals surface area (Å²) in [5.74, 6) is 0.743. The molecule has 1 aromatic heterocycles. The zero-order valence-corrected chi connectivity index (χ0v) is 14.1. The fourth-order valence-electron chi connectivity index (χ4n) is 2.74. The van der Waals surface area contributed by atoms with Crippen LogP contribution in [0.4, 0.5) is 5.69 Å². The molecule has 0 saturated heterocycles. The molecule has 7 heteroatoms. The number of nitrogens with two attached hydrogens (primary N) is 1. The van der Waals surface area contributed by atoms with Crippen LogP contribution in [0.15, 0.2) is 60.9 Å². The van der Waals surface area contributed by atoms with Crippen LogP contribution in [0.5, 0.6) is 0 Å². The van der Waals surface area contributed by atoms with Crippen molar-refractivity contribution in [2.24, 2.45) is 5.73 Å². The maximum absolute atomic E-state index is 11.2. The predicted molar refractivity (Wildman–Crippen MR) is 99.6 cm³/mol. The van der Waals surface area contributed by atoms with Crippen LogP contribution in [-0.2, 0) is 13.0 Å². The number of para-hydroxylation sites is 1. The Morgan fingerprint density at radius 3 is 2.56 bits per heavy atom. The summed E-state index contributed by atoms with van der Waals surface area (Å²) in [7, 11) is 0. The number of thiocarbonyl (C=S) groups is 1. The zero-order valence-electron chi connectivity index (χ0n) is 13.3. The summed E-state index contributed by atoms with van der Waals surface area (Å²) >= 11 is 5.11. The van der Waals surface area contributed by atoms with Gasteiger partial charge in [0.25, 0.3) is 5.69 Å². The second-order valence-corrected chi connectivity index (χ2v) is 6.00. The molecule has 3 aromatic rings. The van der Waals surface area contributed by atoms with Crippen molar-refractivity contribution < 1.29 is 4.92 Å². The molecule has 3 rings (SSSR count). The molecule has 25 heavy (non-hydrogen) atoms. The van der Waals surface area contributed by atoms with Gasteiger partial charge in [-0.05, 0) is 5.56 Å². The van der Waals surface area contributed by atoms with Gasteiger partial charge < -0.3 is 10.3 Å². The summed E-state index contributed by atoms with van der Waals surface area (Å²) in [6.07, 6.45) is 3.91. The van der Waals surface area contributed by atoms with Crippen molar-refractivity contribution in [3.8, 4) is 0 Å². The van der Waals surface area contributed by atoms with E-state index in [2.05, 4.69) is 4.98 Å². The predicted octanol–water partition coefficient (Wildman–Crippen LogP) is 3.06. The minimum atomic E-state index is -0.370. The fourth-order valence-corrected chi connectivity index (χ4v) is 2.94. The molecule has 0 fully saturated rings. The van der Waals surface area contributed by atoms with Crippen LogP contribution in [0.25, 0.3) is 0 Å². The van der Waals surface area contributed by atoms with E-state index in [0.717, 1.165) is 17.0 Å². The Kier molecular flexibility index (Phi) is 4.85. The number of hydrogen-bond donors (Lipinski definition) is 1. The Morgan fingerprint density at radius 1 is 1.16 bits per heavy atom. The van der Waals surface area contributed by atoms with Crippen molar-refractivity contribution in [1.82, 2.24) is 9.55 Å². The van der Waals surface area contributed by atoms with Gasteiger partial charge in [-0.2, -0.15) is 0 Å². The van der Waals surface area contributed by atoms with E-state index in [0.29, 0.717) is 23.5 Å². The molecule has 0 aliphatic rings. The van der Waals surface area contributed by atoms with Crippen LogP contribution in [0.3, 0.4) is 0 Å². The van der Waals surface area contributed by atoms with E-state index in [1.165, 1.54) is 6.07 Å². The Hall–Kier alpha value is -3.06. The Balaban J connectivity index is 1.90. The minimum Gasteiger partial charge on any atom is -0.389 e. The second-order valence-electron chi connectivity index (χ2n) is 5.56.